The summed E-state index contributed by atoms with van der Waals surface area (Å²) in [7, 11) is 0. The van der Waals surface area contributed by atoms with Gasteiger partial charge in [-0.25, -0.2) is 0 Å². The van der Waals surface area contributed by atoms with Crippen LogP contribution in [0.1, 0.15) is 25.3 Å². The van der Waals surface area contributed by atoms with Crippen LogP contribution in [0.25, 0.3) is 0 Å². The van der Waals surface area contributed by atoms with E-state index in [1.165, 1.54) is 11.3 Å². The van der Waals surface area contributed by atoms with Crippen LogP contribution in [0, 0.1) is 6.92 Å². The van der Waals surface area contributed by atoms with Crippen LogP contribution in [0.3, 0.4) is 0 Å². The van der Waals surface area contributed by atoms with E-state index in [4.69, 9.17) is 0 Å². The fourth-order valence-electron chi connectivity index (χ4n) is 2.29. The minimum Gasteiger partial charge on any atom is -0.382 e. The Kier molecular flexibility index (Phi) is 3.67. The lowest BCUT2D eigenvalue weighted by Gasteiger charge is -2.32. The predicted octanol–water partition coefficient (Wildman–Crippen LogP) is 2.42. The third kappa shape index (κ3) is 2.99. The maximum Gasteiger partial charge on any atom is 0.219 e. The first kappa shape index (κ1) is 12.0. The number of anilines is 1. The van der Waals surface area contributed by atoms with Crippen LogP contribution in [0.5, 0.6) is 0 Å². The van der Waals surface area contributed by atoms with E-state index in [9.17, 15) is 4.79 Å². The minimum atomic E-state index is 0.194. The van der Waals surface area contributed by atoms with Gasteiger partial charge in [0.1, 0.15) is 0 Å². The summed E-state index contributed by atoms with van der Waals surface area (Å²) in [4.78, 5) is 13.2. The van der Waals surface area contributed by atoms with Gasteiger partial charge in [-0.15, -0.1) is 0 Å². The largest absolute Gasteiger partial charge is 0.382 e. The van der Waals surface area contributed by atoms with Gasteiger partial charge >= 0.3 is 0 Å². The van der Waals surface area contributed by atoms with E-state index < -0.39 is 0 Å². The van der Waals surface area contributed by atoms with Crippen LogP contribution in [0.2, 0.25) is 0 Å². The van der Waals surface area contributed by atoms with E-state index in [0.717, 1.165) is 25.9 Å². The summed E-state index contributed by atoms with van der Waals surface area (Å²) in [6.45, 7) is 5.51. The number of hydrogen-bond acceptors (Lipinski definition) is 2. The number of carbonyl (C=O) groups is 1. The molecular weight excluding hydrogens is 212 g/mol. The van der Waals surface area contributed by atoms with E-state index in [2.05, 4.69) is 36.5 Å². The Morgan fingerprint density at radius 1 is 1.29 bits per heavy atom. The van der Waals surface area contributed by atoms with Gasteiger partial charge in [0.2, 0.25) is 5.91 Å². The Hall–Kier alpha value is -1.51. The summed E-state index contributed by atoms with van der Waals surface area (Å²) in [5.41, 5.74) is 2.50. The molecule has 92 valence electrons. The third-order valence-electron chi connectivity index (χ3n) is 3.44. The van der Waals surface area contributed by atoms with Gasteiger partial charge in [-0.05, 0) is 31.4 Å². The standard InChI is InChI=1S/C14H20N2O/c1-11-5-3-4-6-14(11)15-13-7-9-16(10-8-13)12(2)17/h3-6,13,15H,7-10H2,1-2H3. The summed E-state index contributed by atoms with van der Waals surface area (Å²) in [5.74, 6) is 0.194. The van der Waals surface area contributed by atoms with Crippen LogP contribution in [0.4, 0.5) is 5.69 Å². The van der Waals surface area contributed by atoms with Crippen molar-refractivity contribution in [1.29, 1.82) is 0 Å². The van der Waals surface area contributed by atoms with E-state index >= 15 is 0 Å². The van der Waals surface area contributed by atoms with Gasteiger partial charge < -0.3 is 10.2 Å². The second kappa shape index (κ2) is 5.21. The molecule has 17 heavy (non-hydrogen) atoms. The third-order valence-corrected chi connectivity index (χ3v) is 3.44. The molecule has 2 rings (SSSR count). The molecule has 1 aliphatic rings. The molecule has 3 heteroatoms. The lowest BCUT2D eigenvalue weighted by molar-refractivity contribution is -0.129. The van der Waals surface area contributed by atoms with E-state index in [1.807, 2.05) is 4.90 Å². The predicted molar refractivity (Wildman–Crippen MR) is 70.1 cm³/mol. The van der Waals surface area contributed by atoms with Crippen molar-refractivity contribution in [2.75, 3.05) is 18.4 Å². The molecular formula is C14H20N2O. The van der Waals surface area contributed by atoms with Crippen molar-refractivity contribution in [3.63, 3.8) is 0 Å². The van der Waals surface area contributed by atoms with Crippen LogP contribution >= 0.6 is 0 Å². The normalized spacial score (nSPS) is 16.9. The highest BCUT2D eigenvalue weighted by Gasteiger charge is 2.20. The van der Waals surface area contributed by atoms with Gasteiger partial charge in [0, 0.05) is 31.7 Å². The van der Waals surface area contributed by atoms with E-state index in [0.29, 0.717) is 6.04 Å². The van der Waals surface area contributed by atoms with Crippen molar-refractivity contribution in [2.24, 2.45) is 0 Å². The first-order valence-electron chi connectivity index (χ1n) is 6.24. The Morgan fingerprint density at radius 3 is 2.53 bits per heavy atom. The van der Waals surface area contributed by atoms with Crippen molar-refractivity contribution >= 4 is 11.6 Å². The maximum absolute atomic E-state index is 11.2. The van der Waals surface area contributed by atoms with Gasteiger partial charge in [-0.2, -0.15) is 0 Å². The van der Waals surface area contributed by atoms with Crippen LogP contribution in [0.15, 0.2) is 24.3 Å². The number of rotatable bonds is 2. The molecule has 3 nitrogen and oxygen atoms in total. The lowest BCUT2D eigenvalue weighted by atomic mass is 10.0. The number of likely N-dealkylation sites (tertiary alicyclic amines) is 1. The van der Waals surface area contributed by atoms with Crippen LogP contribution in [-0.2, 0) is 4.79 Å². The van der Waals surface area contributed by atoms with Crippen molar-refractivity contribution in [2.45, 2.75) is 32.7 Å². The molecule has 0 aliphatic carbocycles. The number of aryl methyl sites for hydroxylation is 1. The number of nitrogens with one attached hydrogen (secondary N) is 1. The summed E-state index contributed by atoms with van der Waals surface area (Å²) >= 11 is 0. The zero-order valence-corrected chi connectivity index (χ0v) is 10.6. The van der Waals surface area contributed by atoms with Crippen LogP contribution < -0.4 is 5.32 Å². The molecule has 1 N–H and O–H groups in total. The molecule has 1 fully saturated rings. The molecule has 0 radical (unpaired) electrons. The fraction of sp³-hybridized carbons (Fsp3) is 0.500. The van der Waals surface area contributed by atoms with Gasteiger partial charge in [0.05, 0.1) is 0 Å². The van der Waals surface area contributed by atoms with Crippen molar-refractivity contribution in [3.8, 4) is 0 Å². The molecule has 1 aliphatic heterocycles. The number of carbonyl (C=O) groups excluding carboxylic acids is 1. The summed E-state index contributed by atoms with van der Waals surface area (Å²) in [5, 5.41) is 3.57. The molecule has 1 aromatic rings. The number of amides is 1. The SMILES string of the molecule is CC(=O)N1CCC(Nc2ccccc2C)CC1. The second-order valence-corrected chi connectivity index (χ2v) is 4.74. The van der Waals surface area contributed by atoms with Crippen molar-refractivity contribution in [1.82, 2.24) is 4.90 Å². The van der Waals surface area contributed by atoms with E-state index in [1.54, 1.807) is 6.92 Å². The topological polar surface area (TPSA) is 32.3 Å². The molecule has 0 aromatic heterocycles. The summed E-state index contributed by atoms with van der Waals surface area (Å²) < 4.78 is 0. The molecule has 1 aromatic carbocycles. The molecule has 1 saturated heterocycles. The Morgan fingerprint density at radius 2 is 1.94 bits per heavy atom. The van der Waals surface area contributed by atoms with Gasteiger partial charge in [0.25, 0.3) is 0 Å². The first-order chi connectivity index (χ1) is 8.16. The molecule has 0 unspecified atom stereocenters. The zero-order chi connectivity index (χ0) is 12.3. The number of hydrogen-bond donors (Lipinski definition) is 1. The first-order valence-corrected chi connectivity index (χ1v) is 6.24. The number of nitrogens with zero attached hydrogens (tertiary/aromatic N) is 1. The summed E-state index contributed by atoms with van der Waals surface area (Å²) in [6.07, 6.45) is 2.07. The Labute approximate surface area is 103 Å². The van der Waals surface area contributed by atoms with Crippen molar-refractivity contribution in [3.05, 3.63) is 29.8 Å². The van der Waals surface area contributed by atoms with E-state index in [-0.39, 0.29) is 5.91 Å². The quantitative estimate of drug-likeness (QED) is 0.849. The highest BCUT2D eigenvalue weighted by Crippen LogP contribution is 2.19. The smallest absolute Gasteiger partial charge is 0.219 e. The number of piperidine rings is 1. The summed E-state index contributed by atoms with van der Waals surface area (Å²) in [6, 6.07) is 8.84. The molecule has 0 atom stereocenters. The lowest BCUT2D eigenvalue weighted by Crippen LogP contribution is -2.41. The maximum atomic E-state index is 11.2. The molecule has 0 bridgehead atoms. The molecule has 1 heterocycles. The Balaban J connectivity index is 1.90. The Bertz CT molecular complexity index is 395. The molecule has 0 saturated carbocycles. The van der Waals surface area contributed by atoms with Gasteiger partial charge in [0.15, 0.2) is 0 Å². The number of para-hydroxylation sites is 1. The van der Waals surface area contributed by atoms with Gasteiger partial charge in [-0.3, -0.25) is 4.79 Å². The molecule has 0 spiro atoms. The highest BCUT2D eigenvalue weighted by molar-refractivity contribution is 5.73. The molecule has 1 amide bonds. The van der Waals surface area contributed by atoms with Gasteiger partial charge in [-0.1, -0.05) is 18.2 Å². The average Bonchev–Trinajstić information content (AvgIpc) is 2.33. The highest BCUT2D eigenvalue weighted by atomic mass is 16.2. The monoisotopic (exact) mass is 232 g/mol. The zero-order valence-electron chi connectivity index (χ0n) is 10.6. The van der Waals surface area contributed by atoms with Crippen LogP contribution in [-0.4, -0.2) is 29.9 Å². The van der Waals surface area contributed by atoms with Crippen molar-refractivity contribution < 1.29 is 4.79 Å². The second-order valence-electron chi connectivity index (χ2n) is 4.74. The number of benzene rings is 1. The fourth-order valence-corrected chi connectivity index (χ4v) is 2.29. The minimum absolute atomic E-state index is 0.194. The average molecular weight is 232 g/mol.